The molecule has 1 saturated carbocycles. The first-order chi connectivity index (χ1) is 9.41. The first-order valence-corrected chi connectivity index (χ1v) is 8.39. The van der Waals surface area contributed by atoms with Gasteiger partial charge in [-0.2, -0.15) is 0 Å². The standard InChI is InChI=1S/C17H36N2O/c1-7-10-18-15-8-9-17(4,5)13-16(15)19(14(2)3)11-12-20-6/h14-16,18H,7-13H2,1-6H3. The van der Waals surface area contributed by atoms with Crippen molar-refractivity contribution in [2.75, 3.05) is 26.8 Å². The fraction of sp³-hybridized carbons (Fsp3) is 1.00. The summed E-state index contributed by atoms with van der Waals surface area (Å²) in [5, 5.41) is 3.79. The van der Waals surface area contributed by atoms with E-state index in [0.717, 1.165) is 19.7 Å². The summed E-state index contributed by atoms with van der Waals surface area (Å²) in [6.07, 6.45) is 5.14. The number of methoxy groups -OCH3 is 1. The van der Waals surface area contributed by atoms with Crippen LogP contribution in [0.25, 0.3) is 0 Å². The van der Waals surface area contributed by atoms with E-state index in [2.05, 4.69) is 44.8 Å². The molecule has 2 atom stereocenters. The molecule has 0 saturated heterocycles. The van der Waals surface area contributed by atoms with Gasteiger partial charge in [-0.25, -0.2) is 0 Å². The average Bonchev–Trinajstić information content (AvgIpc) is 2.37. The van der Waals surface area contributed by atoms with E-state index >= 15 is 0 Å². The molecule has 0 aromatic heterocycles. The minimum atomic E-state index is 0.468. The molecule has 20 heavy (non-hydrogen) atoms. The molecule has 0 aromatic carbocycles. The van der Waals surface area contributed by atoms with Crippen LogP contribution in [0.1, 0.15) is 60.3 Å². The predicted molar refractivity (Wildman–Crippen MR) is 87.2 cm³/mol. The van der Waals surface area contributed by atoms with Crippen LogP contribution < -0.4 is 5.32 Å². The Kier molecular flexibility index (Phi) is 7.49. The van der Waals surface area contributed by atoms with Crippen LogP contribution in [0.5, 0.6) is 0 Å². The van der Waals surface area contributed by atoms with Crippen molar-refractivity contribution in [1.29, 1.82) is 0 Å². The maximum atomic E-state index is 5.32. The summed E-state index contributed by atoms with van der Waals surface area (Å²) in [5.74, 6) is 0. The molecule has 0 spiro atoms. The van der Waals surface area contributed by atoms with E-state index in [1.54, 1.807) is 7.11 Å². The summed E-state index contributed by atoms with van der Waals surface area (Å²) in [7, 11) is 1.80. The number of rotatable bonds is 8. The summed E-state index contributed by atoms with van der Waals surface area (Å²) < 4.78 is 5.32. The van der Waals surface area contributed by atoms with Crippen LogP contribution in [0.3, 0.4) is 0 Å². The van der Waals surface area contributed by atoms with Crippen LogP contribution in [-0.2, 0) is 4.74 Å². The molecule has 0 heterocycles. The molecule has 2 unspecified atom stereocenters. The predicted octanol–water partition coefficient (Wildman–Crippen LogP) is 3.29. The van der Waals surface area contributed by atoms with Gasteiger partial charge in [0.05, 0.1) is 6.61 Å². The molecule has 0 amide bonds. The quantitative estimate of drug-likeness (QED) is 0.740. The third kappa shape index (κ3) is 5.34. The normalized spacial score (nSPS) is 26.4. The number of nitrogens with zero attached hydrogens (tertiary/aromatic N) is 1. The Morgan fingerprint density at radius 2 is 2.05 bits per heavy atom. The third-order valence-corrected chi connectivity index (χ3v) is 4.66. The van der Waals surface area contributed by atoms with Crippen LogP contribution in [0, 0.1) is 5.41 Å². The van der Waals surface area contributed by atoms with Crippen LogP contribution in [0.15, 0.2) is 0 Å². The molecular weight excluding hydrogens is 248 g/mol. The summed E-state index contributed by atoms with van der Waals surface area (Å²) in [4.78, 5) is 2.65. The van der Waals surface area contributed by atoms with E-state index in [-0.39, 0.29) is 0 Å². The highest BCUT2D eigenvalue weighted by molar-refractivity contribution is 4.95. The second-order valence-corrected chi connectivity index (χ2v) is 7.36. The smallest absolute Gasteiger partial charge is 0.0589 e. The van der Waals surface area contributed by atoms with Crippen molar-refractivity contribution in [3.63, 3.8) is 0 Å². The first kappa shape index (κ1) is 17.9. The number of hydrogen-bond acceptors (Lipinski definition) is 3. The van der Waals surface area contributed by atoms with Gasteiger partial charge in [0, 0.05) is 31.8 Å². The molecule has 1 aliphatic rings. The number of nitrogens with one attached hydrogen (secondary N) is 1. The molecule has 0 radical (unpaired) electrons. The minimum Gasteiger partial charge on any atom is -0.383 e. The van der Waals surface area contributed by atoms with Crippen molar-refractivity contribution in [2.45, 2.75) is 78.4 Å². The topological polar surface area (TPSA) is 24.5 Å². The summed E-state index contributed by atoms with van der Waals surface area (Å²) in [5.41, 5.74) is 0.468. The lowest BCUT2D eigenvalue weighted by molar-refractivity contribution is 0.0272. The molecule has 3 heteroatoms. The molecule has 1 rings (SSSR count). The van der Waals surface area contributed by atoms with Crippen molar-refractivity contribution in [3.8, 4) is 0 Å². The Hall–Kier alpha value is -0.120. The van der Waals surface area contributed by atoms with E-state index in [4.69, 9.17) is 4.74 Å². The lowest BCUT2D eigenvalue weighted by Gasteiger charge is -2.47. The zero-order chi connectivity index (χ0) is 15.2. The summed E-state index contributed by atoms with van der Waals surface area (Å²) in [6, 6.07) is 1.86. The van der Waals surface area contributed by atoms with Gasteiger partial charge in [0.15, 0.2) is 0 Å². The molecule has 1 N–H and O–H groups in total. The third-order valence-electron chi connectivity index (χ3n) is 4.66. The monoisotopic (exact) mass is 284 g/mol. The van der Waals surface area contributed by atoms with Gasteiger partial charge in [-0.15, -0.1) is 0 Å². The Balaban J connectivity index is 2.78. The van der Waals surface area contributed by atoms with E-state index < -0.39 is 0 Å². The molecule has 1 fully saturated rings. The van der Waals surface area contributed by atoms with Crippen LogP contribution in [0.2, 0.25) is 0 Å². The Labute approximate surface area is 126 Å². The Bertz CT molecular complexity index is 266. The highest BCUT2D eigenvalue weighted by atomic mass is 16.5. The molecule has 0 aliphatic heterocycles. The SMILES string of the molecule is CCCNC1CCC(C)(C)CC1N(CCOC)C(C)C. The number of ether oxygens (including phenoxy) is 1. The van der Waals surface area contributed by atoms with Crippen molar-refractivity contribution < 1.29 is 4.74 Å². The van der Waals surface area contributed by atoms with Gasteiger partial charge in [-0.3, -0.25) is 4.90 Å². The van der Waals surface area contributed by atoms with Crippen molar-refractivity contribution >= 4 is 0 Å². The molecular formula is C17H36N2O. The second-order valence-electron chi connectivity index (χ2n) is 7.36. The second kappa shape index (κ2) is 8.35. The van der Waals surface area contributed by atoms with Gasteiger partial charge in [-0.1, -0.05) is 20.8 Å². The lowest BCUT2D eigenvalue weighted by atomic mass is 9.72. The van der Waals surface area contributed by atoms with Crippen LogP contribution in [-0.4, -0.2) is 49.8 Å². The molecule has 0 bridgehead atoms. The Morgan fingerprint density at radius 3 is 2.60 bits per heavy atom. The highest BCUT2D eigenvalue weighted by Gasteiger charge is 2.38. The number of hydrogen-bond donors (Lipinski definition) is 1. The van der Waals surface area contributed by atoms with Gasteiger partial charge < -0.3 is 10.1 Å². The lowest BCUT2D eigenvalue weighted by Crippen LogP contribution is -2.57. The van der Waals surface area contributed by atoms with E-state index in [1.165, 1.54) is 25.7 Å². The van der Waals surface area contributed by atoms with E-state index in [9.17, 15) is 0 Å². The zero-order valence-electron chi connectivity index (χ0n) is 14.5. The maximum Gasteiger partial charge on any atom is 0.0589 e. The van der Waals surface area contributed by atoms with Gasteiger partial charge in [0.2, 0.25) is 0 Å². The van der Waals surface area contributed by atoms with Crippen LogP contribution in [0.4, 0.5) is 0 Å². The molecule has 0 aromatic rings. The van der Waals surface area contributed by atoms with E-state index in [1.807, 2.05) is 0 Å². The van der Waals surface area contributed by atoms with Crippen molar-refractivity contribution in [1.82, 2.24) is 10.2 Å². The van der Waals surface area contributed by atoms with Gasteiger partial charge in [0.25, 0.3) is 0 Å². The fourth-order valence-electron chi connectivity index (χ4n) is 3.47. The maximum absolute atomic E-state index is 5.32. The molecule has 120 valence electrons. The van der Waals surface area contributed by atoms with Gasteiger partial charge >= 0.3 is 0 Å². The molecule has 1 aliphatic carbocycles. The van der Waals surface area contributed by atoms with Crippen molar-refractivity contribution in [3.05, 3.63) is 0 Å². The largest absolute Gasteiger partial charge is 0.383 e. The molecule has 3 nitrogen and oxygen atoms in total. The summed E-state index contributed by atoms with van der Waals surface area (Å²) >= 11 is 0. The summed E-state index contributed by atoms with van der Waals surface area (Å²) in [6.45, 7) is 14.7. The van der Waals surface area contributed by atoms with Crippen molar-refractivity contribution in [2.24, 2.45) is 5.41 Å². The van der Waals surface area contributed by atoms with Crippen LogP contribution >= 0.6 is 0 Å². The first-order valence-electron chi connectivity index (χ1n) is 8.39. The average molecular weight is 284 g/mol. The fourth-order valence-corrected chi connectivity index (χ4v) is 3.47. The Morgan fingerprint density at radius 1 is 1.35 bits per heavy atom. The minimum absolute atomic E-state index is 0.468. The van der Waals surface area contributed by atoms with Gasteiger partial charge in [0.1, 0.15) is 0 Å². The zero-order valence-corrected chi connectivity index (χ0v) is 14.5. The van der Waals surface area contributed by atoms with Gasteiger partial charge in [-0.05, 0) is 51.5 Å². The highest BCUT2D eigenvalue weighted by Crippen LogP contribution is 2.38. The van der Waals surface area contributed by atoms with E-state index in [0.29, 0.717) is 23.5 Å².